The summed E-state index contributed by atoms with van der Waals surface area (Å²) in [6.07, 6.45) is 0. The quantitative estimate of drug-likeness (QED) is 0.163. The zero-order chi connectivity index (χ0) is 38.1. The van der Waals surface area contributed by atoms with Crippen LogP contribution in [0.3, 0.4) is 0 Å². The first-order valence-electron chi connectivity index (χ1n) is 18.8. The Morgan fingerprint density at radius 2 is 0.789 bits per heavy atom. The van der Waals surface area contributed by atoms with Gasteiger partial charge in [0.2, 0.25) is 0 Å². The molecule has 0 spiro atoms. The predicted molar refractivity (Wildman–Crippen MR) is 230 cm³/mol. The molecule has 10 aromatic rings. The number of nitrogens with zero attached hydrogens (tertiary/aromatic N) is 4. The molecule has 0 bridgehead atoms. The molecule has 2 aromatic heterocycles. The van der Waals surface area contributed by atoms with E-state index in [1.54, 1.807) is 0 Å². The van der Waals surface area contributed by atoms with E-state index in [1.165, 1.54) is 11.1 Å². The van der Waals surface area contributed by atoms with E-state index in [0.717, 1.165) is 72.0 Å². The number of rotatable bonds is 7. The zero-order valence-corrected chi connectivity index (χ0v) is 30.7. The highest BCUT2D eigenvalue weighted by Gasteiger charge is 2.19. The van der Waals surface area contributed by atoms with Crippen molar-refractivity contribution in [1.29, 1.82) is 5.26 Å². The van der Waals surface area contributed by atoms with Crippen LogP contribution in [-0.2, 0) is 0 Å². The van der Waals surface area contributed by atoms with Gasteiger partial charge in [-0.3, -0.25) is 0 Å². The number of aromatic nitrogens is 3. The van der Waals surface area contributed by atoms with Crippen LogP contribution in [-0.4, -0.2) is 15.0 Å². The first kappa shape index (κ1) is 33.6. The van der Waals surface area contributed by atoms with Gasteiger partial charge in [-0.25, -0.2) is 15.0 Å². The fraction of sp³-hybridized carbons (Fsp3) is 0. The van der Waals surface area contributed by atoms with E-state index in [-0.39, 0.29) is 0 Å². The first-order chi connectivity index (χ1) is 28.2. The van der Waals surface area contributed by atoms with E-state index in [2.05, 4.69) is 103 Å². The number of nitriles is 1. The van der Waals surface area contributed by atoms with Crippen molar-refractivity contribution < 1.29 is 4.42 Å². The molecular weight excluding hydrogens is 697 g/mol. The van der Waals surface area contributed by atoms with Crippen molar-refractivity contribution >= 4 is 21.9 Å². The van der Waals surface area contributed by atoms with Crippen LogP contribution in [0.25, 0.3) is 101 Å². The molecule has 2 heterocycles. The third-order valence-electron chi connectivity index (χ3n) is 10.4. The Labute approximate surface area is 329 Å². The fourth-order valence-corrected chi connectivity index (χ4v) is 7.52. The third kappa shape index (κ3) is 6.42. The van der Waals surface area contributed by atoms with Gasteiger partial charge in [-0.2, -0.15) is 5.26 Å². The van der Waals surface area contributed by atoms with Crippen molar-refractivity contribution in [2.75, 3.05) is 0 Å². The number of benzene rings is 8. The summed E-state index contributed by atoms with van der Waals surface area (Å²) in [6, 6.07) is 68.2. The first-order valence-corrected chi connectivity index (χ1v) is 18.8. The molecule has 10 rings (SSSR count). The van der Waals surface area contributed by atoms with Gasteiger partial charge >= 0.3 is 0 Å². The largest absolute Gasteiger partial charge is 0.456 e. The van der Waals surface area contributed by atoms with Crippen molar-refractivity contribution in [3.8, 4) is 84.7 Å². The topological polar surface area (TPSA) is 75.6 Å². The molecule has 0 fully saturated rings. The van der Waals surface area contributed by atoms with Crippen LogP contribution in [0.5, 0.6) is 0 Å². The van der Waals surface area contributed by atoms with E-state index in [0.29, 0.717) is 23.0 Å². The van der Waals surface area contributed by atoms with Gasteiger partial charge in [0.05, 0.1) is 11.6 Å². The number of hydrogen-bond donors (Lipinski definition) is 0. The zero-order valence-electron chi connectivity index (χ0n) is 30.7. The number of furan rings is 1. The summed E-state index contributed by atoms with van der Waals surface area (Å²) < 4.78 is 6.74. The Morgan fingerprint density at radius 3 is 1.42 bits per heavy atom. The summed E-state index contributed by atoms with van der Waals surface area (Å²) >= 11 is 0. The van der Waals surface area contributed by atoms with Crippen LogP contribution in [0.2, 0.25) is 0 Å². The molecular formula is C52H32N4O. The van der Waals surface area contributed by atoms with Crippen LogP contribution >= 0.6 is 0 Å². The molecule has 57 heavy (non-hydrogen) atoms. The lowest BCUT2D eigenvalue weighted by Crippen LogP contribution is -2.00. The molecule has 0 amide bonds. The van der Waals surface area contributed by atoms with E-state index in [1.807, 2.05) is 97.1 Å². The summed E-state index contributed by atoms with van der Waals surface area (Å²) in [5, 5.41) is 11.8. The number of hydrogen-bond acceptors (Lipinski definition) is 5. The second kappa shape index (κ2) is 14.4. The second-order valence-electron chi connectivity index (χ2n) is 13.9. The lowest BCUT2D eigenvalue weighted by molar-refractivity contribution is 0.669. The summed E-state index contributed by atoms with van der Waals surface area (Å²) in [6.45, 7) is 0. The van der Waals surface area contributed by atoms with Gasteiger partial charge in [-0.15, -0.1) is 0 Å². The SMILES string of the molecule is N#Cc1ccccc1-c1ccc(-c2nc(-c3ccccc3)nc(-c3ccc4c(c3)oc3cc(-c5ccccc5)cc(-c5ccc(-c6ccccc6)cc5)c34)n2)cc1. The Hall–Kier alpha value is -7.94. The highest BCUT2D eigenvalue weighted by molar-refractivity contribution is 6.14. The summed E-state index contributed by atoms with van der Waals surface area (Å²) in [5.41, 5.74) is 13.4. The molecule has 0 N–H and O–H groups in total. The summed E-state index contributed by atoms with van der Waals surface area (Å²) in [7, 11) is 0. The van der Waals surface area contributed by atoms with Gasteiger partial charge in [-0.05, 0) is 74.8 Å². The predicted octanol–water partition coefficient (Wildman–Crippen LogP) is 13.3. The summed E-state index contributed by atoms with van der Waals surface area (Å²) in [4.78, 5) is 15.0. The normalized spacial score (nSPS) is 11.1. The van der Waals surface area contributed by atoms with Gasteiger partial charge < -0.3 is 4.42 Å². The van der Waals surface area contributed by atoms with Gasteiger partial charge in [0.1, 0.15) is 11.2 Å². The van der Waals surface area contributed by atoms with Crippen LogP contribution in [0.1, 0.15) is 5.56 Å². The Balaban J connectivity index is 1.10. The summed E-state index contributed by atoms with van der Waals surface area (Å²) in [5.74, 6) is 1.67. The average Bonchev–Trinajstić information content (AvgIpc) is 3.67. The van der Waals surface area contributed by atoms with Gasteiger partial charge in [0, 0.05) is 27.5 Å². The lowest BCUT2D eigenvalue weighted by atomic mass is 9.93. The van der Waals surface area contributed by atoms with Crippen LogP contribution in [0.4, 0.5) is 0 Å². The highest BCUT2D eigenvalue weighted by Crippen LogP contribution is 2.41. The van der Waals surface area contributed by atoms with Crippen molar-refractivity contribution in [3.05, 3.63) is 200 Å². The van der Waals surface area contributed by atoms with Gasteiger partial charge in [-0.1, -0.05) is 164 Å². The van der Waals surface area contributed by atoms with E-state index in [9.17, 15) is 5.26 Å². The molecule has 0 atom stereocenters. The maximum absolute atomic E-state index is 9.68. The molecule has 0 saturated carbocycles. The van der Waals surface area contributed by atoms with Crippen LogP contribution < -0.4 is 0 Å². The van der Waals surface area contributed by atoms with E-state index < -0.39 is 0 Å². The Morgan fingerprint density at radius 1 is 0.351 bits per heavy atom. The Bertz CT molecular complexity index is 3100. The van der Waals surface area contributed by atoms with Gasteiger partial charge in [0.25, 0.3) is 0 Å². The lowest BCUT2D eigenvalue weighted by Gasteiger charge is -2.10. The van der Waals surface area contributed by atoms with Crippen LogP contribution in [0, 0.1) is 11.3 Å². The minimum absolute atomic E-state index is 0.543. The smallest absolute Gasteiger partial charge is 0.164 e. The molecule has 0 radical (unpaired) electrons. The fourth-order valence-electron chi connectivity index (χ4n) is 7.52. The average molecular weight is 729 g/mol. The standard InChI is InChI=1S/C52H32N4O/c53-33-42-18-10-11-19-44(42)37-24-26-40(27-25-37)51-54-50(39-16-8-3-9-17-39)55-52(56-51)41-28-29-45-47(31-41)57-48-32-43(35-14-6-2-7-15-35)30-46(49(45)48)38-22-20-36(21-23-38)34-12-4-1-5-13-34/h1-32H. The van der Waals surface area contributed by atoms with E-state index in [4.69, 9.17) is 19.4 Å². The minimum atomic E-state index is 0.543. The maximum atomic E-state index is 9.68. The molecule has 0 unspecified atom stereocenters. The van der Waals surface area contributed by atoms with Crippen molar-refractivity contribution in [1.82, 2.24) is 15.0 Å². The molecule has 0 aliphatic carbocycles. The van der Waals surface area contributed by atoms with Crippen molar-refractivity contribution in [2.45, 2.75) is 0 Å². The van der Waals surface area contributed by atoms with E-state index >= 15 is 0 Å². The third-order valence-corrected chi connectivity index (χ3v) is 10.4. The van der Waals surface area contributed by atoms with Crippen molar-refractivity contribution in [3.63, 3.8) is 0 Å². The van der Waals surface area contributed by atoms with Crippen molar-refractivity contribution in [2.24, 2.45) is 0 Å². The number of fused-ring (bicyclic) bond motifs is 3. The van der Waals surface area contributed by atoms with Gasteiger partial charge in [0.15, 0.2) is 17.5 Å². The van der Waals surface area contributed by atoms with Crippen LogP contribution in [0.15, 0.2) is 199 Å². The molecule has 0 aliphatic heterocycles. The Kier molecular flexibility index (Phi) is 8.48. The molecule has 0 aliphatic rings. The molecule has 0 saturated heterocycles. The molecule has 5 nitrogen and oxygen atoms in total. The highest BCUT2D eigenvalue weighted by atomic mass is 16.3. The molecule has 5 heteroatoms. The monoisotopic (exact) mass is 728 g/mol. The molecule has 8 aromatic carbocycles. The molecule has 266 valence electrons. The maximum Gasteiger partial charge on any atom is 0.164 e. The second-order valence-corrected chi connectivity index (χ2v) is 13.9. The minimum Gasteiger partial charge on any atom is -0.456 e.